The van der Waals surface area contributed by atoms with E-state index in [2.05, 4.69) is 47.0 Å². The van der Waals surface area contributed by atoms with Crippen LogP contribution in [-0.2, 0) is 15.1 Å². The van der Waals surface area contributed by atoms with Gasteiger partial charge in [0.1, 0.15) is 11.7 Å². The predicted molar refractivity (Wildman–Crippen MR) is 137 cm³/mol. The van der Waals surface area contributed by atoms with Crippen LogP contribution in [0.25, 0.3) is 0 Å². The molecule has 0 saturated carbocycles. The number of carbonyl (C=O) groups excluding carboxylic acids is 1. The van der Waals surface area contributed by atoms with Crippen LogP contribution in [0.1, 0.15) is 16.7 Å². The van der Waals surface area contributed by atoms with Gasteiger partial charge in [-0.3, -0.25) is 0 Å². The van der Waals surface area contributed by atoms with E-state index >= 15 is 0 Å². The number of amides is 1. The topological polar surface area (TPSA) is 59.6 Å². The van der Waals surface area contributed by atoms with Crippen LogP contribution >= 0.6 is 0 Å². The maximum atomic E-state index is 12.2. The second-order valence-electron chi connectivity index (χ2n) is 8.53. The summed E-state index contributed by atoms with van der Waals surface area (Å²) in [5.74, 6) is 0. The normalized spacial score (nSPS) is 17.4. The Labute approximate surface area is 205 Å². The Morgan fingerprint density at radius 3 is 1.66 bits per heavy atom. The van der Waals surface area contributed by atoms with Crippen LogP contribution in [0, 0.1) is 0 Å². The fraction of sp³-hybridized carbons (Fsp3) is 0.167. The second-order valence-corrected chi connectivity index (χ2v) is 8.53. The molecule has 1 amide bonds. The van der Waals surface area contributed by atoms with Gasteiger partial charge in [-0.05, 0) is 28.8 Å². The number of carbonyl (C=O) groups is 1. The highest BCUT2D eigenvalue weighted by molar-refractivity contribution is 5.70. The van der Waals surface area contributed by atoms with Crippen molar-refractivity contribution in [2.75, 3.05) is 18.5 Å². The summed E-state index contributed by atoms with van der Waals surface area (Å²) in [5, 5.41) is 6.31. The molecule has 0 aromatic heterocycles. The van der Waals surface area contributed by atoms with E-state index in [9.17, 15) is 4.79 Å². The van der Waals surface area contributed by atoms with Gasteiger partial charge in [0.2, 0.25) is 0 Å². The molecule has 5 rings (SSSR count). The number of para-hydroxylation sites is 1. The summed E-state index contributed by atoms with van der Waals surface area (Å²) in [7, 11) is 0. The third kappa shape index (κ3) is 4.91. The summed E-state index contributed by atoms with van der Waals surface area (Å²) in [6.07, 6.45) is -0.877. The van der Waals surface area contributed by atoms with E-state index in [1.165, 1.54) is 0 Å². The van der Waals surface area contributed by atoms with Crippen molar-refractivity contribution in [1.29, 1.82) is 0 Å². The highest BCUT2D eigenvalue weighted by atomic mass is 16.6. The van der Waals surface area contributed by atoms with Gasteiger partial charge in [-0.1, -0.05) is 109 Å². The summed E-state index contributed by atoms with van der Waals surface area (Å²) in [4.78, 5) is 12.2. The molecular formula is C30H28N2O3. The van der Waals surface area contributed by atoms with Crippen molar-refractivity contribution in [3.63, 3.8) is 0 Å². The van der Waals surface area contributed by atoms with Gasteiger partial charge in [0.15, 0.2) is 0 Å². The van der Waals surface area contributed by atoms with Crippen LogP contribution < -0.4 is 10.6 Å². The van der Waals surface area contributed by atoms with E-state index in [4.69, 9.17) is 9.47 Å². The zero-order chi connectivity index (χ0) is 23.9. The predicted octanol–water partition coefficient (Wildman–Crippen LogP) is 5.58. The van der Waals surface area contributed by atoms with Gasteiger partial charge >= 0.3 is 6.09 Å². The first-order valence-corrected chi connectivity index (χ1v) is 11.8. The molecule has 2 N–H and O–H groups in total. The molecule has 5 heteroatoms. The van der Waals surface area contributed by atoms with Crippen LogP contribution in [0.2, 0.25) is 0 Å². The Balaban J connectivity index is 1.46. The van der Waals surface area contributed by atoms with Crippen LogP contribution in [0.15, 0.2) is 121 Å². The molecule has 4 aromatic rings. The lowest BCUT2D eigenvalue weighted by Crippen LogP contribution is -2.43. The van der Waals surface area contributed by atoms with Crippen molar-refractivity contribution < 1.29 is 14.3 Å². The molecule has 1 aliphatic heterocycles. The van der Waals surface area contributed by atoms with Gasteiger partial charge in [0.05, 0.1) is 12.6 Å². The Morgan fingerprint density at radius 1 is 0.714 bits per heavy atom. The Kier molecular flexibility index (Phi) is 6.77. The van der Waals surface area contributed by atoms with Gasteiger partial charge in [0.25, 0.3) is 0 Å². The Hall–Kier alpha value is -4.09. The summed E-state index contributed by atoms with van der Waals surface area (Å²) in [6, 6.07) is 40.2. The fourth-order valence-electron chi connectivity index (χ4n) is 4.59. The van der Waals surface area contributed by atoms with Crippen molar-refractivity contribution in [3.8, 4) is 0 Å². The Morgan fingerprint density at radius 2 is 1.17 bits per heavy atom. The molecule has 35 heavy (non-hydrogen) atoms. The van der Waals surface area contributed by atoms with E-state index in [1.54, 1.807) is 0 Å². The lowest BCUT2D eigenvalue weighted by molar-refractivity contribution is -0.0356. The summed E-state index contributed by atoms with van der Waals surface area (Å²) >= 11 is 0. The quantitative estimate of drug-likeness (QED) is 0.317. The number of ether oxygens (including phenoxy) is 2. The molecule has 5 nitrogen and oxygen atoms in total. The van der Waals surface area contributed by atoms with E-state index < -0.39 is 17.8 Å². The lowest BCUT2D eigenvalue weighted by atomic mass is 9.80. The summed E-state index contributed by atoms with van der Waals surface area (Å²) in [6.45, 7) is 0.747. The van der Waals surface area contributed by atoms with Gasteiger partial charge < -0.3 is 20.1 Å². The molecule has 176 valence electrons. The van der Waals surface area contributed by atoms with E-state index in [0.29, 0.717) is 6.54 Å². The van der Waals surface area contributed by atoms with Crippen molar-refractivity contribution in [3.05, 3.63) is 138 Å². The van der Waals surface area contributed by atoms with E-state index in [-0.39, 0.29) is 12.6 Å². The number of cyclic esters (lactones) is 1. The standard InChI is InChI=1S/C30H28N2O3/c33-29-32-27(21-31-26-19-11-4-12-20-26)28(35-29)22-34-30(23-13-5-1-6-14-23,24-15-7-2-8-16-24)25-17-9-3-10-18-25/h1-20,27-28,31H,21-22H2,(H,32,33)/t27-,28-/m1/s1. The molecule has 0 bridgehead atoms. The molecule has 1 heterocycles. The maximum Gasteiger partial charge on any atom is 0.407 e. The van der Waals surface area contributed by atoms with Crippen molar-refractivity contribution >= 4 is 11.8 Å². The zero-order valence-electron chi connectivity index (χ0n) is 19.3. The summed E-state index contributed by atoms with van der Waals surface area (Å²) in [5.41, 5.74) is 3.15. The van der Waals surface area contributed by atoms with Crippen LogP contribution in [0.5, 0.6) is 0 Å². The van der Waals surface area contributed by atoms with Gasteiger partial charge in [0, 0.05) is 12.2 Å². The van der Waals surface area contributed by atoms with Crippen LogP contribution in [0.4, 0.5) is 10.5 Å². The molecule has 0 unspecified atom stereocenters. The number of hydrogen-bond acceptors (Lipinski definition) is 4. The number of alkyl carbamates (subject to hydrolysis) is 1. The third-order valence-electron chi connectivity index (χ3n) is 6.32. The molecular weight excluding hydrogens is 436 g/mol. The molecule has 1 fully saturated rings. The van der Waals surface area contributed by atoms with Crippen molar-refractivity contribution in [1.82, 2.24) is 5.32 Å². The first-order valence-electron chi connectivity index (χ1n) is 11.8. The number of nitrogens with one attached hydrogen (secondary N) is 2. The molecule has 2 atom stereocenters. The highest BCUT2D eigenvalue weighted by Gasteiger charge is 2.41. The first-order chi connectivity index (χ1) is 17.3. The minimum atomic E-state index is -0.865. The van der Waals surface area contributed by atoms with E-state index in [1.807, 2.05) is 84.9 Å². The summed E-state index contributed by atoms with van der Waals surface area (Å²) < 4.78 is 12.5. The van der Waals surface area contributed by atoms with Gasteiger partial charge in [-0.15, -0.1) is 0 Å². The van der Waals surface area contributed by atoms with E-state index in [0.717, 1.165) is 22.4 Å². The number of benzene rings is 4. The SMILES string of the molecule is O=C1N[C@H](CNc2ccccc2)[C@@H](COC(c2ccccc2)(c2ccccc2)c2ccccc2)O1. The van der Waals surface area contributed by atoms with Gasteiger partial charge in [-0.2, -0.15) is 0 Å². The monoisotopic (exact) mass is 464 g/mol. The second kappa shape index (κ2) is 10.5. The number of rotatable bonds is 9. The molecule has 1 saturated heterocycles. The zero-order valence-corrected chi connectivity index (χ0v) is 19.3. The molecule has 4 aromatic carbocycles. The smallest absolute Gasteiger partial charge is 0.407 e. The average molecular weight is 465 g/mol. The third-order valence-corrected chi connectivity index (χ3v) is 6.32. The van der Waals surface area contributed by atoms with Crippen molar-refractivity contribution in [2.45, 2.75) is 17.7 Å². The first kappa shape index (κ1) is 22.7. The van der Waals surface area contributed by atoms with Crippen molar-refractivity contribution in [2.24, 2.45) is 0 Å². The van der Waals surface area contributed by atoms with Crippen LogP contribution in [-0.4, -0.2) is 31.4 Å². The largest absolute Gasteiger partial charge is 0.441 e. The maximum absolute atomic E-state index is 12.2. The average Bonchev–Trinajstić information content (AvgIpc) is 3.29. The minimum absolute atomic E-state index is 0.221. The Bertz CT molecular complexity index is 1120. The fourth-order valence-corrected chi connectivity index (χ4v) is 4.59. The number of hydrogen-bond donors (Lipinski definition) is 2. The minimum Gasteiger partial charge on any atom is -0.441 e. The molecule has 0 radical (unpaired) electrons. The molecule has 0 aliphatic carbocycles. The van der Waals surface area contributed by atoms with Crippen LogP contribution in [0.3, 0.4) is 0 Å². The molecule has 1 aliphatic rings. The molecule has 0 spiro atoms. The highest BCUT2D eigenvalue weighted by Crippen LogP contribution is 2.40. The van der Waals surface area contributed by atoms with Gasteiger partial charge in [-0.25, -0.2) is 4.79 Å². The lowest BCUT2D eigenvalue weighted by Gasteiger charge is -2.37. The number of anilines is 1.